The Morgan fingerprint density at radius 1 is 1.16 bits per heavy atom. The van der Waals surface area contributed by atoms with E-state index in [0.29, 0.717) is 35.8 Å². The van der Waals surface area contributed by atoms with E-state index in [2.05, 4.69) is 29.4 Å². The molecule has 2 heterocycles. The fourth-order valence-electron chi connectivity index (χ4n) is 3.66. The van der Waals surface area contributed by atoms with Crippen LogP contribution in [0, 0.1) is 5.82 Å². The molecular weight excluding hydrogens is 397 g/mol. The van der Waals surface area contributed by atoms with Crippen LogP contribution in [0.4, 0.5) is 15.8 Å². The predicted octanol–water partition coefficient (Wildman–Crippen LogP) is 4.24. The van der Waals surface area contributed by atoms with Gasteiger partial charge in [0.2, 0.25) is 0 Å². The number of rotatable bonds is 8. The van der Waals surface area contributed by atoms with Crippen molar-refractivity contribution in [3.63, 3.8) is 0 Å². The van der Waals surface area contributed by atoms with Crippen LogP contribution in [-0.4, -0.2) is 43.7 Å². The highest BCUT2D eigenvalue weighted by Crippen LogP contribution is 2.36. The van der Waals surface area contributed by atoms with Crippen molar-refractivity contribution in [2.45, 2.75) is 13.8 Å². The fraction of sp³-hybridized carbons (Fsp3) is 0.292. The van der Waals surface area contributed by atoms with Gasteiger partial charge < -0.3 is 25.0 Å². The fourth-order valence-corrected chi connectivity index (χ4v) is 3.66. The third-order valence-electron chi connectivity index (χ3n) is 5.39. The number of likely N-dealkylation sites (N-methyl/N-ethyl adjacent to an activating group) is 1. The van der Waals surface area contributed by atoms with Gasteiger partial charge in [0.15, 0.2) is 0 Å². The van der Waals surface area contributed by atoms with Crippen molar-refractivity contribution in [3.05, 3.63) is 71.4 Å². The number of ether oxygens (including phenoxy) is 2. The van der Waals surface area contributed by atoms with E-state index in [1.807, 2.05) is 30.3 Å². The Kier molecular flexibility index (Phi) is 6.23. The maximum atomic E-state index is 13.4. The number of hydrogen-bond donors (Lipinski definition) is 2. The quantitative estimate of drug-likeness (QED) is 0.622. The van der Waals surface area contributed by atoms with Crippen LogP contribution in [0.15, 0.2) is 60.0 Å². The minimum Gasteiger partial charge on any atom is -0.492 e. The number of allylic oxidation sites excluding steroid dienone is 1. The normalized spacial score (nSPS) is 17.3. The summed E-state index contributed by atoms with van der Waals surface area (Å²) in [6.45, 7) is 8.19. The topological polar surface area (TPSA) is 62.8 Å². The van der Waals surface area contributed by atoms with E-state index < -0.39 is 5.82 Å². The Morgan fingerprint density at radius 2 is 1.94 bits per heavy atom. The zero-order valence-corrected chi connectivity index (χ0v) is 17.7. The first-order valence-electron chi connectivity index (χ1n) is 10.5. The summed E-state index contributed by atoms with van der Waals surface area (Å²) in [7, 11) is 0. The number of hydrogen-bond acceptors (Lipinski definition) is 5. The maximum Gasteiger partial charge on any atom is 0.260 e. The molecule has 1 amide bonds. The summed E-state index contributed by atoms with van der Waals surface area (Å²) in [5.41, 5.74) is 3.26. The molecule has 2 aliphatic heterocycles. The van der Waals surface area contributed by atoms with E-state index in [4.69, 9.17) is 9.47 Å². The lowest BCUT2D eigenvalue weighted by Crippen LogP contribution is -2.27. The molecule has 4 rings (SSSR count). The first kappa shape index (κ1) is 20.9. The molecule has 0 spiro atoms. The highest BCUT2D eigenvalue weighted by Gasteiger charge is 2.30. The number of nitrogens with zero attached hydrogens (tertiary/aromatic N) is 1. The zero-order valence-electron chi connectivity index (χ0n) is 17.7. The summed E-state index contributed by atoms with van der Waals surface area (Å²) < 4.78 is 25.0. The van der Waals surface area contributed by atoms with Crippen molar-refractivity contribution >= 4 is 22.9 Å². The van der Waals surface area contributed by atoms with E-state index in [1.165, 1.54) is 12.1 Å². The first-order chi connectivity index (χ1) is 15.1. The van der Waals surface area contributed by atoms with Crippen molar-refractivity contribution in [2.24, 2.45) is 0 Å². The first-order valence-corrected chi connectivity index (χ1v) is 10.5. The molecule has 0 atom stereocenters. The molecule has 0 saturated carbocycles. The van der Waals surface area contributed by atoms with Gasteiger partial charge in [0.05, 0.1) is 17.0 Å². The van der Waals surface area contributed by atoms with Gasteiger partial charge in [0.1, 0.15) is 30.5 Å². The minimum atomic E-state index is -0.393. The highest BCUT2D eigenvalue weighted by molar-refractivity contribution is 6.32. The van der Waals surface area contributed by atoms with Gasteiger partial charge in [-0.2, -0.15) is 0 Å². The molecule has 2 aromatic rings. The van der Waals surface area contributed by atoms with Crippen LogP contribution < -0.4 is 15.4 Å². The van der Waals surface area contributed by atoms with E-state index in [-0.39, 0.29) is 5.91 Å². The largest absolute Gasteiger partial charge is 0.492 e. The molecule has 0 fully saturated rings. The van der Waals surface area contributed by atoms with Crippen LogP contribution in [0.25, 0.3) is 5.57 Å². The second-order valence-corrected chi connectivity index (χ2v) is 7.37. The minimum absolute atomic E-state index is 0.292. The summed E-state index contributed by atoms with van der Waals surface area (Å²) >= 11 is 0. The van der Waals surface area contributed by atoms with Crippen molar-refractivity contribution in [2.75, 3.05) is 43.5 Å². The van der Waals surface area contributed by atoms with Gasteiger partial charge in [0.25, 0.3) is 5.91 Å². The molecule has 0 unspecified atom stereocenters. The number of carbonyl (C=O) groups excluding carboxylic acids is 1. The molecule has 0 aliphatic carbocycles. The molecule has 2 aromatic carbocycles. The lowest BCUT2D eigenvalue weighted by atomic mass is 10.1. The van der Waals surface area contributed by atoms with E-state index in [0.717, 1.165) is 36.8 Å². The summed E-state index contributed by atoms with van der Waals surface area (Å²) in [6, 6.07) is 12.0. The number of anilines is 2. The Balaban J connectivity index is 1.40. The monoisotopic (exact) mass is 423 g/mol. The maximum absolute atomic E-state index is 13.4. The van der Waals surface area contributed by atoms with Crippen LogP contribution in [0.5, 0.6) is 5.75 Å². The molecule has 2 N–H and O–H groups in total. The lowest BCUT2D eigenvalue weighted by molar-refractivity contribution is -0.110. The molecule has 0 radical (unpaired) electrons. The molecule has 162 valence electrons. The number of benzene rings is 2. The third-order valence-corrected chi connectivity index (χ3v) is 5.39. The molecular formula is C24H26FN3O3. The summed E-state index contributed by atoms with van der Waals surface area (Å²) in [5, 5.41) is 5.99. The number of fused-ring (bicyclic) bond motifs is 1. The Bertz CT molecular complexity index is 1030. The van der Waals surface area contributed by atoms with Gasteiger partial charge >= 0.3 is 0 Å². The molecule has 0 bridgehead atoms. The number of nitrogens with one attached hydrogen (secondary N) is 2. The number of amides is 1. The Hall–Kier alpha value is -3.32. The third kappa shape index (κ3) is 4.72. The van der Waals surface area contributed by atoms with Crippen LogP contribution in [0.2, 0.25) is 0 Å². The molecule has 31 heavy (non-hydrogen) atoms. The van der Waals surface area contributed by atoms with Gasteiger partial charge in [-0.15, -0.1) is 0 Å². The van der Waals surface area contributed by atoms with Crippen molar-refractivity contribution in [3.8, 4) is 5.75 Å². The molecule has 7 heteroatoms. The number of carbonyl (C=O) groups is 1. The summed E-state index contributed by atoms with van der Waals surface area (Å²) in [4.78, 5) is 14.7. The van der Waals surface area contributed by atoms with E-state index in [1.54, 1.807) is 6.07 Å². The summed E-state index contributed by atoms with van der Waals surface area (Å²) in [5.74, 6) is 0.612. The molecule has 0 saturated heterocycles. The second-order valence-electron chi connectivity index (χ2n) is 7.37. The number of halogens is 1. The zero-order chi connectivity index (χ0) is 21.8. The van der Waals surface area contributed by atoms with E-state index >= 15 is 0 Å². The van der Waals surface area contributed by atoms with Gasteiger partial charge in [0, 0.05) is 23.9 Å². The van der Waals surface area contributed by atoms with Gasteiger partial charge in [-0.1, -0.05) is 13.8 Å². The standard InChI is InChI=1S/C24H26FN3O3/c1-3-28(4-2)11-12-30-19-8-6-17(7-9-19)26-18-14-22(31-15-18)23-20-10-5-16(25)13-21(20)27-24(23)29/h5-10,13-14,26H,3-4,11-12,15H2,1-2H3,(H,27,29)/b23-22+. The predicted molar refractivity (Wildman–Crippen MR) is 119 cm³/mol. The SMILES string of the molecule is CCN(CC)CCOc1ccc(NC2=C/C(=C3\C(=O)Nc4cc(F)ccc43)OC2)cc1. The van der Waals surface area contributed by atoms with Crippen LogP contribution >= 0.6 is 0 Å². The van der Waals surface area contributed by atoms with Gasteiger partial charge in [-0.25, -0.2) is 4.39 Å². The van der Waals surface area contributed by atoms with Crippen LogP contribution in [0.3, 0.4) is 0 Å². The van der Waals surface area contributed by atoms with Crippen molar-refractivity contribution < 1.29 is 18.7 Å². The van der Waals surface area contributed by atoms with Crippen molar-refractivity contribution in [1.82, 2.24) is 4.90 Å². The average Bonchev–Trinajstić information content (AvgIpc) is 3.35. The molecule has 2 aliphatic rings. The van der Waals surface area contributed by atoms with Gasteiger partial charge in [-0.05, 0) is 55.6 Å². The van der Waals surface area contributed by atoms with Gasteiger partial charge in [-0.3, -0.25) is 4.79 Å². The van der Waals surface area contributed by atoms with E-state index in [9.17, 15) is 9.18 Å². The second kappa shape index (κ2) is 9.22. The Morgan fingerprint density at radius 3 is 2.68 bits per heavy atom. The highest BCUT2D eigenvalue weighted by atomic mass is 19.1. The van der Waals surface area contributed by atoms with Crippen molar-refractivity contribution in [1.29, 1.82) is 0 Å². The average molecular weight is 423 g/mol. The summed E-state index contributed by atoms with van der Waals surface area (Å²) in [6.07, 6.45) is 1.81. The Labute approximate surface area is 181 Å². The van der Waals surface area contributed by atoms with Crippen LogP contribution in [-0.2, 0) is 9.53 Å². The molecule has 0 aromatic heterocycles. The lowest BCUT2D eigenvalue weighted by Gasteiger charge is -2.18. The molecule has 6 nitrogen and oxygen atoms in total. The van der Waals surface area contributed by atoms with Crippen LogP contribution in [0.1, 0.15) is 19.4 Å². The smallest absolute Gasteiger partial charge is 0.260 e.